The van der Waals surface area contributed by atoms with E-state index in [0.717, 1.165) is 46.0 Å². The van der Waals surface area contributed by atoms with Gasteiger partial charge in [0, 0.05) is 18.8 Å². The highest BCUT2D eigenvalue weighted by molar-refractivity contribution is 8.18. The molecule has 31 heavy (non-hydrogen) atoms. The number of carbonyl (C=O) groups is 2. The van der Waals surface area contributed by atoms with Crippen molar-refractivity contribution in [2.24, 2.45) is 0 Å². The normalized spacial score (nSPS) is 14.7. The molecule has 8 heteroatoms. The van der Waals surface area contributed by atoms with Gasteiger partial charge in [-0.3, -0.25) is 14.9 Å². The number of nitrogens with one attached hydrogen (secondary N) is 1. The molecule has 0 radical (unpaired) electrons. The third-order valence-electron chi connectivity index (χ3n) is 4.68. The van der Waals surface area contributed by atoms with E-state index in [1.54, 1.807) is 12.3 Å². The molecular formula is C23H21N3O4S. The van der Waals surface area contributed by atoms with Gasteiger partial charge in [-0.2, -0.15) is 0 Å². The van der Waals surface area contributed by atoms with Gasteiger partial charge in [-0.25, -0.2) is 4.98 Å². The summed E-state index contributed by atoms with van der Waals surface area (Å²) in [6, 6.07) is 15.2. The summed E-state index contributed by atoms with van der Waals surface area (Å²) in [6.45, 7) is 3.07. The SMILES string of the molecule is Cc1ccc(-c2ccc(N(C)CCOc3ccc(/C=C4/SC(=O)NC4=O)cc3)nc2)o1. The summed E-state index contributed by atoms with van der Waals surface area (Å²) in [5.74, 6) is 2.89. The molecule has 2 amide bonds. The highest BCUT2D eigenvalue weighted by Gasteiger charge is 2.24. The number of ether oxygens (including phenoxy) is 1. The zero-order valence-corrected chi connectivity index (χ0v) is 17.9. The molecule has 4 rings (SSSR count). The lowest BCUT2D eigenvalue weighted by Gasteiger charge is -2.18. The number of amides is 2. The Hall–Kier alpha value is -3.52. The Morgan fingerprint density at radius 3 is 2.55 bits per heavy atom. The number of hydrogen-bond donors (Lipinski definition) is 1. The summed E-state index contributed by atoms with van der Waals surface area (Å²) in [5.41, 5.74) is 1.77. The monoisotopic (exact) mass is 435 g/mol. The van der Waals surface area contributed by atoms with Crippen LogP contribution in [0.25, 0.3) is 17.4 Å². The first-order valence-electron chi connectivity index (χ1n) is 9.70. The van der Waals surface area contributed by atoms with Crippen LogP contribution in [-0.2, 0) is 4.79 Å². The highest BCUT2D eigenvalue weighted by atomic mass is 32.2. The van der Waals surface area contributed by atoms with E-state index in [1.807, 2.05) is 67.4 Å². The summed E-state index contributed by atoms with van der Waals surface area (Å²) in [7, 11) is 1.96. The first kappa shape index (κ1) is 20.7. The van der Waals surface area contributed by atoms with Crippen molar-refractivity contribution >= 4 is 34.8 Å². The molecule has 3 aromatic rings. The number of aromatic nitrogens is 1. The molecule has 1 fully saturated rings. The van der Waals surface area contributed by atoms with E-state index in [2.05, 4.69) is 10.3 Å². The number of furan rings is 1. The van der Waals surface area contributed by atoms with E-state index in [0.29, 0.717) is 18.1 Å². The number of imide groups is 1. The van der Waals surface area contributed by atoms with E-state index in [-0.39, 0.29) is 11.1 Å². The predicted octanol–water partition coefficient (Wildman–Crippen LogP) is 4.49. The van der Waals surface area contributed by atoms with Crippen molar-refractivity contribution < 1.29 is 18.7 Å². The minimum absolute atomic E-state index is 0.347. The fourth-order valence-corrected chi connectivity index (χ4v) is 3.68. The molecule has 0 atom stereocenters. The van der Waals surface area contributed by atoms with Crippen LogP contribution in [-0.4, -0.2) is 36.3 Å². The fraction of sp³-hybridized carbons (Fsp3) is 0.174. The number of benzene rings is 1. The molecule has 0 saturated carbocycles. The van der Waals surface area contributed by atoms with Gasteiger partial charge >= 0.3 is 0 Å². The zero-order chi connectivity index (χ0) is 21.8. The van der Waals surface area contributed by atoms with Gasteiger partial charge in [-0.15, -0.1) is 0 Å². The van der Waals surface area contributed by atoms with Crippen molar-refractivity contribution in [3.8, 4) is 17.1 Å². The first-order valence-corrected chi connectivity index (χ1v) is 10.5. The highest BCUT2D eigenvalue weighted by Crippen LogP contribution is 2.26. The lowest BCUT2D eigenvalue weighted by Crippen LogP contribution is -2.24. The van der Waals surface area contributed by atoms with Gasteiger partial charge in [0.15, 0.2) is 0 Å². The maximum absolute atomic E-state index is 11.6. The molecule has 2 aromatic heterocycles. The maximum Gasteiger partial charge on any atom is 0.290 e. The third-order valence-corrected chi connectivity index (χ3v) is 5.49. The van der Waals surface area contributed by atoms with Crippen LogP contribution in [0.2, 0.25) is 0 Å². The molecule has 1 saturated heterocycles. The fourth-order valence-electron chi connectivity index (χ4n) is 2.99. The summed E-state index contributed by atoms with van der Waals surface area (Å²) in [6.07, 6.45) is 3.48. The average molecular weight is 436 g/mol. The van der Waals surface area contributed by atoms with Crippen LogP contribution < -0.4 is 15.0 Å². The zero-order valence-electron chi connectivity index (χ0n) is 17.1. The van der Waals surface area contributed by atoms with E-state index >= 15 is 0 Å². The van der Waals surface area contributed by atoms with Crippen molar-refractivity contribution in [2.75, 3.05) is 25.1 Å². The Morgan fingerprint density at radius 2 is 1.94 bits per heavy atom. The van der Waals surface area contributed by atoms with Gasteiger partial charge in [-0.1, -0.05) is 12.1 Å². The van der Waals surface area contributed by atoms with Gasteiger partial charge in [-0.05, 0) is 66.7 Å². The Balaban J connectivity index is 1.28. The van der Waals surface area contributed by atoms with Gasteiger partial charge < -0.3 is 14.1 Å². The van der Waals surface area contributed by atoms with Crippen molar-refractivity contribution in [1.29, 1.82) is 0 Å². The molecule has 1 aromatic carbocycles. The number of hydrogen-bond acceptors (Lipinski definition) is 7. The Kier molecular flexibility index (Phi) is 6.08. The van der Waals surface area contributed by atoms with Crippen molar-refractivity contribution in [3.63, 3.8) is 0 Å². The molecular weight excluding hydrogens is 414 g/mol. The second-order valence-electron chi connectivity index (χ2n) is 7.01. The average Bonchev–Trinajstić information content (AvgIpc) is 3.34. The van der Waals surface area contributed by atoms with Gasteiger partial charge in [0.1, 0.15) is 29.7 Å². The Bertz CT molecular complexity index is 1120. The molecule has 7 nitrogen and oxygen atoms in total. The second kappa shape index (κ2) is 9.09. The van der Waals surface area contributed by atoms with Crippen molar-refractivity contribution in [1.82, 2.24) is 10.3 Å². The van der Waals surface area contributed by atoms with Crippen molar-refractivity contribution in [2.45, 2.75) is 6.92 Å². The van der Waals surface area contributed by atoms with Crippen LogP contribution in [0.15, 0.2) is 64.1 Å². The van der Waals surface area contributed by atoms with Crippen LogP contribution in [0.4, 0.5) is 10.6 Å². The number of aryl methyl sites for hydroxylation is 1. The molecule has 0 unspecified atom stereocenters. The number of pyridine rings is 1. The van der Waals surface area contributed by atoms with Gasteiger partial charge in [0.25, 0.3) is 11.1 Å². The number of thioether (sulfide) groups is 1. The first-order chi connectivity index (χ1) is 15.0. The van der Waals surface area contributed by atoms with Gasteiger partial charge in [0.05, 0.1) is 11.4 Å². The quantitative estimate of drug-likeness (QED) is 0.547. The second-order valence-corrected chi connectivity index (χ2v) is 8.02. The predicted molar refractivity (Wildman–Crippen MR) is 121 cm³/mol. The largest absolute Gasteiger partial charge is 0.492 e. The number of likely N-dealkylation sites (N-methyl/N-ethyl adjacent to an activating group) is 1. The lowest BCUT2D eigenvalue weighted by molar-refractivity contribution is -0.115. The summed E-state index contributed by atoms with van der Waals surface area (Å²) in [5, 5.41) is 1.89. The summed E-state index contributed by atoms with van der Waals surface area (Å²) >= 11 is 0.902. The van der Waals surface area contributed by atoms with Crippen LogP contribution in [0.3, 0.4) is 0 Å². The van der Waals surface area contributed by atoms with Gasteiger partial charge in [0.2, 0.25) is 0 Å². The van der Waals surface area contributed by atoms with Crippen molar-refractivity contribution in [3.05, 3.63) is 71.0 Å². The van der Waals surface area contributed by atoms with Crippen LogP contribution in [0, 0.1) is 6.92 Å². The van der Waals surface area contributed by atoms with Crippen LogP contribution in [0.1, 0.15) is 11.3 Å². The Labute approximate surface area is 184 Å². The number of rotatable bonds is 7. The third kappa shape index (κ3) is 5.16. The van der Waals surface area contributed by atoms with Crippen LogP contribution >= 0.6 is 11.8 Å². The molecule has 3 heterocycles. The molecule has 158 valence electrons. The molecule has 1 N–H and O–H groups in total. The standard InChI is InChI=1S/C23H21N3O4S/c1-15-3-9-19(30-15)17-6-10-21(24-14-17)26(2)11-12-29-18-7-4-16(5-8-18)13-20-22(27)25-23(28)31-20/h3-10,13-14H,11-12H2,1-2H3,(H,25,27,28)/b20-13+. The summed E-state index contributed by atoms with van der Waals surface area (Å²) in [4.78, 5) is 29.7. The van der Waals surface area contributed by atoms with Crippen LogP contribution in [0.5, 0.6) is 5.75 Å². The summed E-state index contributed by atoms with van der Waals surface area (Å²) < 4.78 is 11.4. The molecule has 0 bridgehead atoms. The number of carbonyl (C=O) groups excluding carboxylic acids is 2. The minimum Gasteiger partial charge on any atom is -0.492 e. The number of nitrogens with zero attached hydrogens (tertiary/aromatic N) is 2. The smallest absolute Gasteiger partial charge is 0.290 e. The lowest BCUT2D eigenvalue weighted by atomic mass is 10.2. The maximum atomic E-state index is 11.6. The topological polar surface area (TPSA) is 84.7 Å². The molecule has 1 aliphatic heterocycles. The van der Waals surface area contributed by atoms with E-state index in [4.69, 9.17) is 9.15 Å². The van der Waals surface area contributed by atoms with E-state index < -0.39 is 0 Å². The van der Waals surface area contributed by atoms with E-state index in [1.165, 1.54) is 0 Å². The minimum atomic E-state index is -0.362. The molecule has 0 aliphatic carbocycles. The van der Waals surface area contributed by atoms with E-state index in [9.17, 15) is 9.59 Å². The number of anilines is 1. The molecule has 1 aliphatic rings. The molecule has 0 spiro atoms. The Morgan fingerprint density at radius 1 is 1.13 bits per heavy atom.